The summed E-state index contributed by atoms with van der Waals surface area (Å²) in [5.74, 6) is -0.392. The summed E-state index contributed by atoms with van der Waals surface area (Å²) in [6, 6.07) is 7.95. The molecule has 0 unspecified atom stereocenters. The Morgan fingerprint density at radius 3 is 2.77 bits per heavy atom. The quantitative estimate of drug-likeness (QED) is 0.396. The third-order valence-electron chi connectivity index (χ3n) is 3.32. The summed E-state index contributed by atoms with van der Waals surface area (Å²) in [4.78, 5) is 40.4. The highest BCUT2D eigenvalue weighted by molar-refractivity contribution is 8.01. The Bertz CT molecular complexity index is 743. The first-order chi connectivity index (χ1) is 12.5. The molecule has 2 amide bonds. The monoisotopic (exact) mass is 395 g/mol. The zero-order valence-electron chi connectivity index (χ0n) is 14.7. The molecule has 0 spiro atoms. The van der Waals surface area contributed by atoms with E-state index in [4.69, 9.17) is 4.74 Å². The van der Waals surface area contributed by atoms with E-state index in [2.05, 4.69) is 10.3 Å². The Balaban J connectivity index is 1.58. The number of nitrogens with one attached hydrogen (secondary N) is 1. The van der Waals surface area contributed by atoms with Gasteiger partial charge in [-0.1, -0.05) is 23.9 Å². The molecule has 2 rings (SSSR count). The molecule has 0 radical (unpaired) electrons. The van der Waals surface area contributed by atoms with E-state index in [1.54, 1.807) is 37.2 Å². The van der Waals surface area contributed by atoms with Crippen LogP contribution in [0.1, 0.15) is 12.8 Å². The number of hydrogen-bond donors (Lipinski definition) is 1. The zero-order valence-corrected chi connectivity index (χ0v) is 16.3. The molecule has 1 heterocycles. The van der Waals surface area contributed by atoms with Crippen LogP contribution < -0.4 is 5.32 Å². The van der Waals surface area contributed by atoms with Gasteiger partial charge in [0.15, 0.2) is 10.9 Å². The van der Waals surface area contributed by atoms with E-state index >= 15 is 0 Å². The normalized spacial score (nSPS) is 10.5. The lowest BCUT2D eigenvalue weighted by Crippen LogP contribution is -2.38. The number of ether oxygens (including phenoxy) is 1. The number of carbonyl (C=O) groups excluding carboxylic acids is 3. The Hall–Kier alpha value is -2.13. The fourth-order valence-electron chi connectivity index (χ4n) is 1.89. The lowest BCUT2D eigenvalue weighted by molar-refractivity contribution is -0.148. The molecule has 1 aromatic carbocycles. The van der Waals surface area contributed by atoms with E-state index in [1.807, 2.05) is 24.3 Å². The molecule has 9 heteroatoms. The molecule has 0 fully saturated rings. The number of hydrogen-bond acceptors (Lipinski definition) is 7. The number of fused-ring (bicyclic) bond motifs is 1. The maximum Gasteiger partial charge on any atom is 0.306 e. The van der Waals surface area contributed by atoms with Gasteiger partial charge in [0.25, 0.3) is 5.91 Å². The molecule has 26 heavy (non-hydrogen) atoms. The predicted octanol–water partition coefficient (Wildman–Crippen LogP) is 1.92. The zero-order chi connectivity index (χ0) is 18.9. The molecule has 0 bridgehead atoms. The number of rotatable bonds is 9. The third-order valence-corrected chi connectivity index (χ3v) is 5.59. The van der Waals surface area contributed by atoms with E-state index in [-0.39, 0.29) is 25.5 Å². The number of para-hydroxylation sites is 1. The van der Waals surface area contributed by atoms with Crippen LogP contribution in [0, 0.1) is 0 Å². The summed E-state index contributed by atoms with van der Waals surface area (Å²) in [6.07, 6.45) is 0.877. The average Bonchev–Trinajstić information content (AvgIpc) is 3.04. The van der Waals surface area contributed by atoms with Crippen molar-refractivity contribution in [3.63, 3.8) is 0 Å². The van der Waals surface area contributed by atoms with Gasteiger partial charge in [-0.3, -0.25) is 14.4 Å². The second-order valence-electron chi connectivity index (χ2n) is 5.63. The summed E-state index contributed by atoms with van der Waals surface area (Å²) in [7, 11) is 3.20. The maximum atomic E-state index is 11.6. The molecule has 1 N–H and O–H groups in total. The molecule has 1 aromatic heterocycles. The van der Waals surface area contributed by atoms with E-state index in [0.717, 1.165) is 20.3 Å². The van der Waals surface area contributed by atoms with Gasteiger partial charge in [-0.2, -0.15) is 0 Å². The molecule has 0 aliphatic heterocycles. The minimum Gasteiger partial charge on any atom is -0.456 e. The molecule has 7 nitrogen and oxygen atoms in total. The Kier molecular flexibility index (Phi) is 7.86. The van der Waals surface area contributed by atoms with Crippen molar-refractivity contribution in [2.24, 2.45) is 0 Å². The summed E-state index contributed by atoms with van der Waals surface area (Å²) in [5, 5.41) is 2.40. The number of amides is 2. The number of benzene rings is 1. The van der Waals surface area contributed by atoms with Crippen molar-refractivity contribution < 1.29 is 19.1 Å². The van der Waals surface area contributed by atoms with E-state index in [0.29, 0.717) is 6.42 Å². The first kappa shape index (κ1) is 20.2. The van der Waals surface area contributed by atoms with Crippen LogP contribution in [-0.4, -0.2) is 60.7 Å². The van der Waals surface area contributed by atoms with Gasteiger partial charge in [-0.05, 0) is 18.6 Å². The van der Waals surface area contributed by atoms with E-state index < -0.39 is 11.9 Å². The molecule has 0 aliphatic rings. The highest BCUT2D eigenvalue weighted by Crippen LogP contribution is 2.29. The molecule has 140 valence electrons. The van der Waals surface area contributed by atoms with Gasteiger partial charge in [-0.25, -0.2) is 4.98 Å². The van der Waals surface area contributed by atoms with Crippen molar-refractivity contribution >= 4 is 51.1 Å². The fourth-order valence-corrected chi connectivity index (χ4v) is 3.97. The molecule has 0 aliphatic carbocycles. The van der Waals surface area contributed by atoms with Crippen LogP contribution in [0.4, 0.5) is 0 Å². The Labute approximate surface area is 160 Å². The SMILES string of the molecule is CN(C)C(=O)CNC(=O)COC(=O)CCCSc1nc2ccccc2s1. The second kappa shape index (κ2) is 10.1. The van der Waals surface area contributed by atoms with Crippen LogP contribution in [0.5, 0.6) is 0 Å². The van der Waals surface area contributed by atoms with E-state index in [1.165, 1.54) is 4.90 Å². The minimum absolute atomic E-state index is 0.109. The molecule has 0 saturated carbocycles. The standard InChI is InChI=1S/C17H21N3O4S2/c1-20(2)15(22)10-18-14(21)11-24-16(23)8-5-9-25-17-19-12-6-3-4-7-13(12)26-17/h3-4,6-7H,5,8-11H2,1-2H3,(H,18,21). The summed E-state index contributed by atoms with van der Waals surface area (Å²) in [5.41, 5.74) is 0.984. The van der Waals surface area contributed by atoms with Crippen LogP contribution in [-0.2, 0) is 19.1 Å². The van der Waals surface area contributed by atoms with Crippen molar-refractivity contribution in [2.75, 3.05) is 33.0 Å². The van der Waals surface area contributed by atoms with Gasteiger partial charge < -0.3 is 15.0 Å². The van der Waals surface area contributed by atoms with Gasteiger partial charge >= 0.3 is 5.97 Å². The largest absolute Gasteiger partial charge is 0.456 e. The highest BCUT2D eigenvalue weighted by atomic mass is 32.2. The van der Waals surface area contributed by atoms with Crippen LogP contribution in [0.25, 0.3) is 10.2 Å². The fraction of sp³-hybridized carbons (Fsp3) is 0.412. The summed E-state index contributed by atoms with van der Waals surface area (Å²) >= 11 is 3.24. The molecule has 0 saturated heterocycles. The Morgan fingerprint density at radius 1 is 1.27 bits per heavy atom. The molecular formula is C17H21N3O4S2. The van der Waals surface area contributed by atoms with Gasteiger partial charge in [0.2, 0.25) is 5.91 Å². The lowest BCUT2D eigenvalue weighted by Gasteiger charge is -2.11. The average molecular weight is 396 g/mol. The summed E-state index contributed by atoms with van der Waals surface area (Å²) < 4.78 is 7.02. The number of thiazole rings is 1. The van der Waals surface area contributed by atoms with Crippen LogP contribution in [0.3, 0.4) is 0 Å². The van der Waals surface area contributed by atoms with Crippen LogP contribution >= 0.6 is 23.1 Å². The number of likely N-dealkylation sites (N-methyl/N-ethyl adjacent to an activating group) is 1. The number of esters is 1. The first-order valence-corrected chi connectivity index (χ1v) is 9.87. The molecule has 0 atom stereocenters. The van der Waals surface area contributed by atoms with Gasteiger partial charge in [0.05, 0.1) is 16.8 Å². The third kappa shape index (κ3) is 6.64. The smallest absolute Gasteiger partial charge is 0.306 e. The van der Waals surface area contributed by atoms with Crippen molar-refractivity contribution in [2.45, 2.75) is 17.2 Å². The van der Waals surface area contributed by atoms with Crippen molar-refractivity contribution in [3.8, 4) is 0 Å². The number of carbonyl (C=O) groups is 3. The molecular weight excluding hydrogens is 374 g/mol. The first-order valence-electron chi connectivity index (χ1n) is 8.06. The van der Waals surface area contributed by atoms with Crippen molar-refractivity contribution in [1.82, 2.24) is 15.2 Å². The van der Waals surface area contributed by atoms with Gasteiger partial charge in [0, 0.05) is 26.3 Å². The lowest BCUT2D eigenvalue weighted by atomic mass is 10.3. The van der Waals surface area contributed by atoms with Gasteiger partial charge in [-0.15, -0.1) is 11.3 Å². The van der Waals surface area contributed by atoms with Crippen molar-refractivity contribution in [3.05, 3.63) is 24.3 Å². The predicted molar refractivity (Wildman–Crippen MR) is 102 cm³/mol. The van der Waals surface area contributed by atoms with E-state index in [9.17, 15) is 14.4 Å². The number of aromatic nitrogens is 1. The topological polar surface area (TPSA) is 88.6 Å². The maximum absolute atomic E-state index is 11.6. The Morgan fingerprint density at radius 2 is 2.04 bits per heavy atom. The summed E-state index contributed by atoms with van der Waals surface area (Å²) in [6.45, 7) is -0.479. The highest BCUT2D eigenvalue weighted by Gasteiger charge is 2.10. The minimum atomic E-state index is -0.489. The van der Waals surface area contributed by atoms with Crippen LogP contribution in [0.15, 0.2) is 28.6 Å². The second-order valence-corrected chi connectivity index (χ2v) is 8.00. The number of nitrogens with zero attached hydrogens (tertiary/aromatic N) is 2. The van der Waals surface area contributed by atoms with Crippen molar-refractivity contribution in [1.29, 1.82) is 0 Å². The van der Waals surface area contributed by atoms with Crippen LogP contribution in [0.2, 0.25) is 0 Å². The number of thioether (sulfide) groups is 1. The molecule has 2 aromatic rings. The van der Waals surface area contributed by atoms with Gasteiger partial charge in [0.1, 0.15) is 0 Å².